The molecule has 0 heterocycles. The average Bonchev–Trinajstić information content (AvgIpc) is 2.35. The Kier molecular flexibility index (Phi) is 5.32. The number of rotatable bonds is 6. The van der Waals surface area contributed by atoms with Gasteiger partial charge in [-0.2, -0.15) is 13.2 Å². The van der Waals surface area contributed by atoms with Crippen molar-refractivity contribution in [2.24, 2.45) is 0 Å². The van der Waals surface area contributed by atoms with Crippen molar-refractivity contribution in [2.75, 3.05) is 26.0 Å². The van der Waals surface area contributed by atoms with E-state index in [4.69, 9.17) is 0 Å². The summed E-state index contributed by atoms with van der Waals surface area (Å²) in [5.41, 5.74) is 0.831. The summed E-state index contributed by atoms with van der Waals surface area (Å²) < 4.78 is 36.4. The lowest BCUT2D eigenvalue weighted by atomic mass is 10.1. The minimum absolute atomic E-state index is 0.0887. The van der Waals surface area contributed by atoms with Crippen LogP contribution in [0.15, 0.2) is 18.2 Å². The second kappa shape index (κ2) is 6.56. The van der Waals surface area contributed by atoms with Gasteiger partial charge < -0.3 is 10.2 Å². The smallest absolute Gasteiger partial charge is 0.382 e. The van der Waals surface area contributed by atoms with Crippen LogP contribution < -0.4 is 5.32 Å². The summed E-state index contributed by atoms with van der Waals surface area (Å²) in [6, 6.07) is 4.53. The second-order valence-electron chi connectivity index (χ2n) is 4.42. The average molecular weight is 291 g/mol. The monoisotopic (exact) mass is 291 g/mol. The van der Waals surface area contributed by atoms with Crippen LogP contribution in [0.3, 0.4) is 0 Å². The van der Waals surface area contributed by atoms with E-state index in [-0.39, 0.29) is 18.8 Å². The predicted molar refractivity (Wildman–Crippen MR) is 69.6 cm³/mol. The summed E-state index contributed by atoms with van der Waals surface area (Å²) in [5, 5.41) is 13.6. The van der Waals surface area contributed by atoms with Gasteiger partial charge >= 0.3 is 6.18 Å². The quantitative estimate of drug-likeness (QED) is 0.646. The molecule has 0 aromatic heterocycles. The zero-order valence-corrected chi connectivity index (χ0v) is 11.2. The van der Waals surface area contributed by atoms with Crippen LogP contribution in [0.2, 0.25) is 0 Å². The number of nitrogens with zero attached hydrogens (tertiary/aromatic N) is 2. The SMILES string of the molecule is CNc1c(CN(C)CCC(F)(F)F)cccc1[N+](=O)[O-]. The molecule has 1 aromatic rings. The molecular weight excluding hydrogens is 275 g/mol. The Balaban J connectivity index is 2.82. The highest BCUT2D eigenvalue weighted by molar-refractivity contribution is 5.66. The highest BCUT2D eigenvalue weighted by atomic mass is 19.4. The van der Waals surface area contributed by atoms with Crippen molar-refractivity contribution < 1.29 is 18.1 Å². The van der Waals surface area contributed by atoms with Crippen LogP contribution in [0.25, 0.3) is 0 Å². The number of halogens is 3. The van der Waals surface area contributed by atoms with Gasteiger partial charge in [0.25, 0.3) is 5.69 Å². The summed E-state index contributed by atoms with van der Waals surface area (Å²) in [5.74, 6) is 0. The van der Waals surface area contributed by atoms with Gasteiger partial charge in [-0.05, 0) is 12.6 Å². The number of alkyl halides is 3. The van der Waals surface area contributed by atoms with E-state index >= 15 is 0 Å². The molecule has 20 heavy (non-hydrogen) atoms. The lowest BCUT2D eigenvalue weighted by molar-refractivity contribution is -0.384. The second-order valence-corrected chi connectivity index (χ2v) is 4.42. The van der Waals surface area contributed by atoms with Crippen LogP contribution in [0.4, 0.5) is 24.5 Å². The summed E-state index contributed by atoms with van der Waals surface area (Å²) in [4.78, 5) is 11.8. The van der Waals surface area contributed by atoms with Crippen LogP contribution in [-0.2, 0) is 6.54 Å². The van der Waals surface area contributed by atoms with E-state index in [1.54, 1.807) is 20.2 Å². The summed E-state index contributed by atoms with van der Waals surface area (Å²) in [6.45, 7) is 0.0449. The molecular formula is C12H16F3N3O2. The van der Waals surface area contributed by atoms with Crippen molar-refractivity contribution in [1.82, 2.24) is 4.90 Å². The fourth-order valence-electron chi connectivity index (χ4n) is 1.85. The first-order valence-electron chi connectivity index (χ1n) is 5.94. The standard InChI is InChI=1S/C12H16F3N3O2/c1-16-11-9(4-3-5-10(11)18(19)20)8-17(2)7-6-12(13,14)15/h3-5,16H,6-8H2,1-2H3. The molecule has 1 rings (SSSR count). The number of nitrogens with one attached hydrogen (secondary N) is 1. The van der Waals surface area contributed by atoms with E-state index in [0.717, 1.165) is 0 Å². The topological polar surface area (TPSA) is 58.4 Å². The molecule has 0 aliphatic rings. The highest BCUT2D eigenvalue weighted by Gasteiger charge is 2.27. The number of nitro groups is 1. The van der Waals surface area contributed by atoms with Crippen LogP contribution in [0, 0.1) is 10.1 Å². The molecule has 0 spiro atoms. The number of anilines is 1. The first-order valence-corrected chi connectivity index (χ1v) is 5.94. The Morgan fingerprint density at radius 2 is 2.05 bits per heavy atom. The van der Waals surface area contributed by atoms with Gasteiger partial charge in [0.15, 0.2) is 0 Å². The number of para-hydroxylation sites is 1. The molecule has 112 valence electrons. The molecule has 0 saturated carbocycles. The molecule has 0 saturated heterocycles. The molecule has 0 aliphatic heterocycles. The van der Waals surface area contributed by atoms with Crippen LogP contribution in [0.5, 0.6) is 0 Å². The fourth-order valence-corrected chi connectivity index (χ4v) is 1.85. The van der Waals surface area contributed by atoms with Crippen molar-refractivity contribution in [3.8, 4) is 0 Å². The number of hydrogen-bond acceptors (Lipinski definition) is 4. The summed E-state index contributed by atoms with van der Waals surface area (Å²) in [7, 11) is 3.09. The van der Waals surface area contributed by atoms with Crippen LogP contribution in [0.1, 0.15) is 12.0 Å². The normalized spacial score (nSPS) is 11.7. The Labute approximate surface area is 114 Å². The number of hydrogen-bond donors (Lipinski definition) is 1. The minimum atomic E-state index is -4.21. The van der Waals surface area contributed by atoms with E-state index in [1.165, 1.54) is 17.0 Å². The zero-order valence-electron chi connectivity index (χ0n) is 11.2. The number of nitro benzene ring substituents is 1. The molecule has 0 atom stereocenters. The Morgan fingerprint density at radius 1 is 1.40 bits per heavy atom. The van der Waals surface area contributed by atoms with Gasteiger partial charge in [0.1, 0.15) is 5.69 Å². The van der Waals surface area contributed by atoms with Crippen molar-refractivity contribution >= 4 is 11.4 Å². The summed E-state index contributed by atoms with van der Waals surface area (Å²) in [6.07, 6.45) is -5.11. The first kappa shape index (κ1) is 16.2. The van der Waals surface area contributed by atoms with Crippen molar-refractivity contribution in [1.29, 1.82) is 0 Å². The molecule has 0 unspecified atom stereocenters. The van der Waals surface area contributed by atoms with Gasteiger partial charge in [0, 0.05) is 26.2 Å². The molecule has 8 heteroatoms. The highest BCUT2D eigenvalue weighted by Crippen LogP contribution is 2.29. The number of benzene rings is 1. The Hall–Kier alpha value is -1.83. The lowest BCUT2D eigenvalue weighted by Crippen LogP contribution is -2.24. The fraction of sp³-hybridized carbons (Fsp3) is 0.500. The molecule has 1 N–H and O–H groups in total. The first-order chi connectivity index (χ1) is 9.24. The lowest BCUT2D eigenvalue weighted by Gasteiger charge is -2.19. The van der Waals surface area contributed by atoms with Gasteiger partial charge in [0.2, 0.25) is 0 Å². The minimum Gasteiger partial charge on any atom is -0.382 e. The molecule has 0 bridgehead atoms. The molecule has 0 aliphatic carbocycles. The van der Waals surface area contributed by atoms with Gasteiger partial charge in [-0.25, -0.2) is 0 Å². The molecule has 0 amide bonds. The van der Waals surface area contributed by atoms with Gasteiger partial charge in [-0.15, -0.1) is 0 Å². The third-order valence-corrected chi connectivity index (χ3v) is 2.79. The van der Waals surface area contributed by atoms with Crippen LogP contribution in [-0.4, -0.2) is 36.6 Å². The van der Waals surface area contributed by atoms with Crippen molar-refractivity contribution in [3.05, 3.63) is 33.9 Å². The van der Waals surface area contributed by atoms with Gasteiger partial charge in [0.05, 0.1) is 11.3 Å². The summed E-state index contributed by atoms with van der Waals surface area (Å²) >= 11 is 0. The van der Waals surface area contributed by atoms with E-state index in [0.29, 0.717) is 11.3 Å². The Morgan fingerprint density at radius 3 is 2.55 bits per heavy atom. The van der Waals surface area contributed by atoms with Crippen LogP contribution >= 0.6 is 0 Å². The molecule has 1 aromatic carbocycles. The van der Waals surface area contributed by atoms with Crippen molar-refractivity contribution in [3.63, 3.8) is 0 Å². The van der Waals surface area contributed by atoms with E-state index < -0.39 is 17.5 Å². The van der Waals surface area contributed by atoms with E-state index in [9.17, 15) is 23.3 Å². The van der Waals surface area contributed by atoms with Crippen molar-refractivity contribution in [2.45, 2.75) is 19.1 Å². The maximum Gasteiger partial charge on any atom is 0.390 e. The predicted octanol–water partition coefficient (Wildman–Crippen LogP) is 3.02. The maximum absolute atomic E-state index is 12.1. The molecule has 5 nitrogen and oxygen atoms in total. The molecule has 0 radical (unpaired) electrons. The largest absolute Gasteiger partial charge is 0.390 e. The van der Waals surface area contributed by atoms with E-state index in [2.05, 4.69) is 5.32 Å². The Bertz CT molecular complexity index is 478. The van der Waals surface area contributed by atoms with Gasteiger partial charge in [-0.3, -0.25) is 10.1 Å². The van der Waals surface area contributed by atoms with Gasteiger partial charge in [-0.1, -0.05) is 12.1 Å². The maximum atomic E-state index is 12.1. The third-order valence-electron chi connectivity index (χ3n) is 2.79. The van der Waals surface area contributed by atoms with E-state index in [1.807, 2.05) is 0 Å². The molecule has 0 fully saturated rings. The third kappa shape index (κ3) is 4.69. The zero-order chi connectivity index (χ0) is 15.3.